The molecule has 10 nitrogen and oxygen atoms in total. The fraction of sp³-hybridized carbons (Fsp3) is 0.667. The van der Waals surface area contributed by atoms with Gasteiger partial charge in [0, 0.05) is 20.0 Å². The van der Waals surface area contributed by atoms with E-state index in [0.717, 1.165) is 0 Å². The second-order valence-corrected chi connectivity index (χ2v) is 5.98. The minimum absolute atomic E-state index is 0.0378. The van der Waals surface area contributed by atoms with Crippen LogP contribution < -0.4 is 10.6 Å². The van der Waals surface area contributed by atoms with Gasteiger partial charge in [0.25, 0.3) is 6.29 Å². The second-order valence-electron chi connectivity index (χ2n) is 5.98. The molecule has 1 saturated carbocycles. The van der Waals surface area contributed by atoms with Crippen LogP contribution in [0, 0.1) is 11.8 Å². The number of nitrogens with one attached hydrogen (secondary N) is 2. The fourth-order valence-corrected chi connectivity index (χ4v) is 3.60. The molecule has 10 heteroatoms. The molecule has 2 aliphatic heterocycles. The summed E-state index contributed by atoms with van der Waals surface area (Å²) in [5, 5.41) is 4.70. The van der Waals surface area contributed by atoms with Crippen molar-refractivity contribution in [2.75, 3.05) is 27.8 Å². The van der Waals surface area contributed by atoms with Gasteiger partial charge in [0.1, 0.15) is 12.2 Å². The molecule has 0 aromatic heterocycles. The number of epoxide rings is 1. The van der Waals surface area contributed by atoms with Crippen molar-refractivity contribution < 1.29 is 38.1 Å². The first-order valence-corrected chi connectivity index (χ1v) is 7.81. The Balaban J connectivity index is 1.84. The van der Waals surface area contributed by atoms with E-state index in [-0.39, 0.29) is 18.6 Å². The molecule has 0 aromatic carbocycles. The molecular weight excluding hydrogens is 336 g/mol. The number of methoxy groups -OCH3 is 1. The lowest BCUT2D eigenvalue weighted by Gasteiger charge is -2.36. The second kappa shape index (κ2) is 6.43. The first-order valence-electron chi connectivity index (χ1n) is 7.81. The molecule has 3 rings (SSSR count). The molecule has 3 aliphatic rings. The summed E-state index contributed by atoms with van der Waals surface area (Å²) in [5.41, 5.74) is -0.511. The van der Waals surface area contributed by atoms with E-state index in [9.17, 15) is 14.4 Å². The number of alkyl carbamates (subject to hydrolysis) is 2. The van der Waals surface area contributed by atoms with E-state index in [1.165, 1.54) is 27.5 Å². The maximum Gasteiger partial charge on any atom is 0.409 e. The lowest BCUT2D eigenvalue weighted by atomic mass is 9.81. The maximum atomic E-state index is 12.0. The zero-order valence-electron chi connectivity index (χ0n) is 14.1. The van der Waals surface area contributed by atoms with E-state index in [1.54, 1.807) is 0 Å². The SMILES string of the molecule is CNC(=O)OC[C@]12OC1CC1C(C(=O)OC)=COC(OC(=O)NC)C12. The molecule has 0 spiro atoms. The summed E-state index contributed by atoms with van der Waals surface area (Å²) < 4.78 is 26.4. The molecule has 2 N–H and O–H groups in total. The van der Waals surface area contributed by atoms with Crippen molar-refractivity contribution in [2.45, 2.75) is 24.4 Å². The smallest absolute Gasteiger partial charge is 0.409 e. The Morgan fingerprint density at radius 1 is 1.28 bits per heavy atom. The standard InChI is InChI=1S/C15H20N2O8/c1-16-13(19)23-6-15-9(25-15)4-7-8(11(18)21-3)5-22-12(10(7)15)24-14(20)17-2/h5,7,9-10,12H,4,6H2,1-3H3,(H,16,19)(H,17,20)/t7?,9?,10?,12?,15-/m0/s1. The first-order chi connectivity index (χ1) is 12.0. The third-order valence-electron chi connectivity index (χ3n) is 4.82. The number of carbonyl (C=O) groups excluding carboxylic acids is 3. The average Bonchev–Trinajstić information content (AvgIpc) is 3.23. The zero-order valence-corrected chi connectivity index (χ0v) is 14.1. The Bertz CT molecular complexity index is 621. The minimum Gasteiger partial charge on any atom is -0.466 e. The average molecular weight is 356 g/mol. The summed E-state index contributed by atoms with van der Waals surface area (Å²) >= 11 is 0. The molecular formula is C15H20N2O8. The highest BCUT2D eigenvalue weighted by atomic mass is 16.7. The molecule has 1 saturated heterocycles. The van der Waals surface area contributed by atoms with E-state index in [4.69, 9.17) is 23.7 Å². The number of esters is 1. The van der Waals surface area contributed by atoms with Crippen LogP contribution in [-0.4, -0.2) is 64.0 Å². The largest absolute Gasteiger partial charge is 0.466 e. The van der Waals surface area contributed by atoms with Crippen molar-refractivity contribution >= 4 is 18.2 Å². The van der Waals surface area contributed by atoms with Gasteiger partial charge in [-0.2, -0.15) is 0 Å². The Hall–Kier alpha value is -2.49. The van der Waals surface area contributed by atoms with E-state index in [0.29, 0.717) is 12.0 Å². The lowest BCUT2D eigenvalue weighted by Crippen LogP contribution is -2.47. The fourth-order valence-electron chi connectivity index (χ4n) is 3.60. The van der Waals surface area contributed by atoms with Crippen LogP contribution in [0.2, 0.25) is 0 Å². The van der Waals surface area contributed by atoms with Gasteiger partial charge < -0.3 is 34.3 Å². The van der Waals surface area contributed by atoms with Crippen molar-refractivity contribution in [3.63, 3.8) is 0 Å². The van der Waals surface area contributed by atoms with Crippen LogP contribution in [-0.2, 0) is 28.5 Å². The Morgan fingerprint density at radius 3 is 2.64 bits per heavy atom. The quantitative estimate of drug-likeness (QED) is 0.406. The predicted octanol–water partition coefficient (Wildman–Crippen LogP) is -0.115. The van der Waals surface area contributed by atoms with Gasteiger partial charge >= 0.3 is 18.2 Å². The van der Waals surface area contributed by atoms with Gasteiger partial charge in [-0.1, -0.05) is 0 Å². The minimum atomic E-state index is -0.973. The molecule has 0 radical (unpaired) electrons. The molecule has 2 amide bonds. The number of fused-ring (bicyclic) bond motifs is 3. The lowest BCUT2D eigenvalue weighted by molar-refractivity contribution is -0.154. The highest BCUT2D eigenvalue weighted by Crippen LogP contribution is 2.61. The van der Waals surface area contributed by atoms with Crippen LogP contribution in [0.1, 0.15) is 6.42 Å². The Kier molecular flexibility index (Phi) is 4.46. The van der Waals surface area contributed by atoms with Gasteiger partial charge in [0.05, 0.1) is 31.0 Å². The third kappa shape index (κ3) is 2.86. The van der Waals surface area contributed by atoms with Gasteiger partial charge in [-0.15, -0.1) is 0 Å². The maximum absolute atomic E-state index is 12.0. The zero-order chi connectivity index (χ0) is 18.2. The van der Waals surface area contributed by atoms with Crippen molar-refractivity contribution in [1.82, 2.24) is 10.6 Å². The molecule has 2 heterocycles. The number of rotatable bonds is 4. The summed E-state index contributed by atoms with van der Waals surface area (Å²) in [6.07, 6.45) is -0.698. The van der Waals surface area contributed by atoms with Crippen LogP contribution in [0.5, 0.6) is 0 Å². The van der Waals surface area contributed by atoms with Crippen LogP contribution in [0.15, 0.2) is 11.8 Å². The van der Waals surface area contributed by atoms with Crippen LogP contribution in [0.3, 0.4) is 0 Å². The van der Waals surface area contributed by atoms with Crippen molar-refractivity contribution in [2.24, 2.45) is 11.8 Å². The summed E-state index contributed by atoms with van der Waals surface area (Å²) in [6.45, 7) is -0.0378. The monoisotopic (exact) mass is 356 g/mol. The van der Waals surface area contributed by atoms with Gasteiger partial charge in [-0.05, 0) is 6.42 Å². The molecule has 1 aliphatic carbocycles. The van der Waals surface area contributed by atoms with Crippen molar-refractivity contribution in [3.8, 4) is 0 Å². The number of amides is 2. The Labute approximate surface area is 143 Å². The number of hydrogen-bond acceptors (Lipinski definition) is 8. The molecule has 5 atom stereocenters. The normalized spacial score (nSPS) is 34.4. The summed E-state index contributed by atoms with van der Waals surface area (Å²) in [4.78, 5) is 35.0. The number of hydrogen-bond donors (Lipinski definition) is 2. The number of carbonyl (C=O) groups is 3. The molecule has 0 aromatic rings. The molecule has 2 fully saturated rings. The molecule has 138 valence electrons. The van der Waals surface area contributed by atoms with Gasteiger partial charge in [-0.25, -0.2) is 14.4 Å². The third-order valence-corrected chi connectivity index (χ3v) is 4.82. The van der Waals surface area contributed by atoms with Crippen molar-refractivity contribution in [1.29, 1.82) is 0 Å². The van der Waals surface area contributed by atoms with Gasteiger partial charge in [0.2, 0.25) is 0 Å². The molecule has 25 heavy (non-hydrogen) atoms. The van der Waals surface area contributed by atoms with Gasteiger partial charge in [0.15, 0.2) is 0 Å². The summed E-state index contributed by atoms with van der Waals surface area (Å²) in [5.74, 6) is -1.31. The Morgan fingerprint density at radius 2 is 2.00 bits per heavy atom. The van der Waals surface area contributed by atoms with E-state index in [1.807, 2.05) is 0 Å². The van der Waals surface area contributed by atoms with Crippen LogP contribution in [0.25, 0.3) is 0 Å². The molecule has 0 bridgehead atoms. The summed E-state index contributed by atoms with van der Waals surface area (Å²) in [6, 6.07) is 0. The van der Waals surface area contributed by atoms with Gasteiger partial charge in [-0.3, -0.25) is 0 Å². The first kappa shape index (κ1) is 17.3. The van der Waals surface area contributed by atoms with E-state index < -0.39 is 36.0 Å². The van der Waals surface area contributed by atoms with Crippen LogP contribution >= 0.6 is 0 Å². The topological polar surface area (TPSA) is 125 Å². The summed E-state index contributed by atoms with van der Waals surface area (Å²) in [7, 11) is 4.15. The highest BCUT2D eigenvalue weighted by molar-refractivity contribution is 5.89. The van der Waals surface area contributed by atoms with E-state index in [2.05, 4.69) is 10.6 Å². The number of ether oxygens (including phenoxy) is 5. The van der Waals surface area contributed by atoms with Crippen LogP contribution in [0.4, 0.5) is 9.59 Å². The highest BCUT2D eigenvalue weighted by Gasteiger charge is 2.74. The van der Waals surface area contributed by atoms with Crippen molar-refractivity contribution in [3.05, 3.63) is 11.8 Å². The van der Waals surface area contributed by atoms with E-state index >= 15 is 0 Å². The molecule has 4 unspecified atom stereocenters. The predicted molar refractivity (Wildman–Crippen MR) is 80.1 cm³/mol.